The van der Waals surface area contributed by atoms with Gasteiger partial charge in [0.15, 0.2) is 0 Å². The first-order chi connectivity index (χ1) is 18.2. The Morgan fingerprint density at radius 3 is 2.71 bits per heavy atom. The average Bonchev–Trinajstić information content (AvgIpc) is 3.22. The molecule has 7 nitrogen and oxygen atoms in total. The minimum atomic E-state index is -0.489. The molecule has 5 rings (SSSR count). The van der Waals surface area contributed by atoms with Crippen LogP contribution in [0.25, 0.3) is 6.08 Å². The molecule has 38 heavy (non-hydrogen) atoms. The standard InChI is InChI=1S/C30H31NO6S/c1-6-11-34-26-17(2)18(3)27-23(19(26)4)9-10-30(5,37-27)16-36-22-7-8-24-21(14-22)12-20(15-35-24)13-25-28(32)31-29(33)38-25/h6-8,12-14H,1,9-11,15-16H2,2-5H3,(H,31,32,33). The van der Waals surface area contributed by atoms with E-state index in [0.717, 1.165) is 69.7 Å². The first kappa shape index (κ1) is 26.0. The molecule has 2 aromatic carbocycles. The summed E-state index contributed by atoms with van der Waals surface area (Å²) in [4.78, 5) is 23.7. The molecule has 0 radical (unpaired) electrons. The van der Waals surface area contributed by atoms with Gasteiger partial charge in [-0.2, -0.15) is 0 Å². The summed E-state index contributed by atoms with van der Waals surface area (Å²) in [5, 5.41) is 1.91. The van der Waals surface area contributed by atoms with Crippen molar-refractivity contribution in [1.82, 2.24) is 5.32 Å². The lowest BCUT2D eigenvalue weighted by atomic mass is 9.87. The highest BCUT2D eigenvalue weighted by atomic mass is 32.2. The summed E-state index contributed by atoms with van der Waals surface area (Å²) in [6.45, 7) is 13.3. The van der Waals surface area contributed by atoms with Gasteiger partial charge in [-0.15, -0.1) is 0 Å². The topological polar surface area (TPSA) is 83.1 Å². The third-order valence-electron chi connectivity index (χ3n) is 7.13. The number of thioether (sulfide) groups is 1. The molecular formula is C30H31NO6S. The fourth-order valence-electron chi connectivity index (χ4n) is 4.91. The summed E-state index contributed by atoms with van der Waals surface area (Å²) in [5.41, 5.74) is 5.65. The Morgan fingerprint density at radius 1 is 1.16 bits per heavy atom. The molecule has 3 aliphatic rings. The minimum absolute atomic E-state index is 0.322. The highest BCUT2D eigenvalue weighted by Gasteiger charge is 2.36. The highest BCUT2D eigenvalue weighted by molar-refractivity contribution is 8.18. The molecule has 0 aliphatic carbocycles. The first-order valence-corrected chi connectivity index (χ1v) is 13.4. The molecular weight excluding hydrogens is 502 g/mol. The van der Waals surface area contributed by atoms with Gasteiger partial charge in [0.1, 0.15) is 48.4 Å². The van der Waals surface area contributed by atoms with Crippen LogP contribution in [0.2, 0.25) is 0 Å². The largest absolute Gasteiger partial charge is 0.489 e. The molecule has 0 spiro atoms. The van der Waals surface area contributed by atoms with Crippen molar-refractivity contribution in [3.05, 3.63) is 75.2 Å². The lowest BCUT2D eigenvalue weighted by molar-refractivity contribution is -0.115. The zero-order valence-corrected chi connectivity index (χ0v) is 22.9. The van der Waals surface area contributed by atoms with Gasteiger partial charge in [-0.1, -0.05) is 12.7 Å². The average molecular weight is 534 g/mol. The summed E-state index contributed by atoms with van der Waals surface area (Å²) in [7, 11) is 0. The second-order valence-corrected chi connectivity index (χ2v) is 11.0. The van der Waals surface area contributed by atoms with Crippen LogP contribution in [0, 0.1) is 20.8 Å². The van der Waals surface area contributed by atoms with Crippen LogP contribution in [-0.2, 0) is 11.2 Å². The van der Waals surface area contributed by atoms with Crippen LogP contribution in [-0.4, -0.2) is 36.6 Å². The Balaban J connectivity index is 1.31. The number of hydrogen-bond acceptors (Lipinski definition) is 7. The summed E-state index contributed by atoms with van der Waals surface area (Å²) in [6.07, 6.45) is 7.09. The van der Waals surface area contributed by atoms with Crippen molar-refractivity contribution in [2.75, 3.05) is 19.8 Å². The Labute approximate surface area is 226 Å². The van der Waals surface area contributed by atoms with E-state index in [4.69, 9.17) is 18.9 Å². The summed E-state index contributed by atoms with van der Waals surface area (Å²) < 4.78 is 24.7. The molecule has 1 atom stereocenters. The van der Waals surface area contributed by atoms with Crippen LogP contribution >= 0.6 is 11.8 Å². The van der Waals surface area contributed by atoms with E-state index in [1.54, 1.807) is 12.2 Å². The van der Waals surface area contributed by atoms with Gasteiger partial charge in [-0.05, 0) is 105 Å². The Kier molecular flexibility index (Phi) is 7.01. The van der Waals surface area contributed by atoms with E-state index < -0.39 is 5.60 Å². The second-order valence-electron chi connectivity index (χ2n) is 10.0. The number of rotatable bonds is 7. The van der Waals surface area contributed by atoms with Gasteiger partial charge in [-0.3, -0.25) is 14.9 Å². The molecule has 1 N–H and O–H groups in total. The Hall–Kier alpha value is -3.65. The van der Waals surface area contributed by atoms with Gasteiger partial charge in [0.25, 0.3) is 11.1 Å². The summed E-state index contributed by atoms with van der Waals surface area (Å²) in [5.74, 6) is 2.91. The van der Waals surface area contributed by atoms with Crippen LogP contribution < -0.4 is 24.3 Å². The van der Waals surface area contributed by atoms with Gasteiger partial charge in [-0.25, -0.2) is 0 Å². The minimum Gasteiger partial charge on any atom is -0.489 e. The van der Waals surface area contributed by atoms with Crippen LogP contribution in [0.15, 0.2) is 47.4 Å². The van der Waals surface area contributed by atoms with Gasteiger partial charge < -0.3 is 18.9 Å². The van der Waals surface area contributed by atoms with Crippen molar-refractivity contribution >= 4 is 29.0 Å². The van der Waals surface area contributed by atoms with Gasteiger partial charge in [0, 0.05) is 11.1 Å². The number of fused-ring (bicyclic) bond motifs is 2. The smallest absolute Gasteiger partial charge is 0.290 e. The predicted octanol–water partition coefficient (Wildman–Crippen LogP) is 5.98. The van der Waals surface area contributed by atoms with E-state index in [0.29, 0.717) is 30.5 Å². The van der Waals surface area contributed by atoms with Crippen LogP contribution in [0.1, 0.15) is 41.2 Å². The normalized spacial score (nSPS) is 21.1. The molecule has 1 unspecified atom stereocenters. The Bertz CT molecular complexity index is 1410. The molecule has 198 valence electrons. The van der Waals surface area contributed by atoms with E-state index in [1.807, 2.05) is 24.3 Å². The van der Waals surface area contributed by atoms with Crippen molar-refractivity contribution in [2.24, 2.45) is 0 Å². The number of ether oxygens (including phenoxy) is 4. The van der Waals surface area contributed by atoms with Crippen LogP contribution in [0.5, 0.6) is 23.0 Å². The molecule has 0 aromatic heterocycles. The molecule has 2 aromatic rings. The van der Waals surface area contributed by atoms with Crippen molar-refractivity contribution in [2.45, 2.75) is 46.1 Å². The third kappa shape index (κ3) is 5.05. The molecule has 3 aliphatic heterocycles. The van der Waals surface area contributed by atoms with Crippen molar-refractivity contribution in [3.63, 3.8) is 0 Å². The molecule has 3 heterocycles. The Morgan fingerprint density at radius 2 is 1.97 bits per heavy atom. The molecule has 1 fully saturated rings. The number of carbonyl (C=O) groups excluding carboxylic acids is 2. The SMILES string of the molecule is C=CCOc1c(C)c(C)c2c(c1C)CCC(C)(COc1ccc3c(c1)C=C(C=C1SC(=O)NC1=O)CO3)O2. The molecule has 8 heteroatoms. The quantitative estimate of drug-likeness (QED) is 0.346. The maximum atomic E-state index is 11.9. The zero-order valence-electron chi connectivity index (χ0n) is 22.1. The van der Waals surface area contributed by atoms with Crippen LogP contribution in [0.4, 0.5) is 4.79 Å². The van der Waals surface area contributed by atoms with Crippen molar-refractivity contribution < 1.29 is 28.5 Å². The predicted molar refractivity (Wildman–Crippen MR) is 148 cm³/mol. The molecule has 0 bridgehead atoms. The fraction of sp³-hybridized carbons (Fsp3) is 0.333. The molecule has 0 saturated carbocycles. The van der Waals surface area contributed by atoms with E-state index in [-0.39, 0.29) is 11.1 Å². The van der Waals surface area contributed by atoms with E-state index in [2.05, 4.69) is 39.6 Å². The van der Waals surface area contributed by atoms with E-state index in [1.165, 1.54) is 5.56 Å². The lowest BCUT2D eigenvalue weighted by Crippen LogP contribution is -2.42. The summed E-state index contributed by atoms with van der Waals surface area (Å²) >= 11 is 0.893. The maximum Gasteiger partial charge on any atom is 0.290 e. The van der Waals surface area contributed by atoms with E-state index >= 15 is 0 Å². The fourth-order valence-corrected chi connectivity index (χ4v) is 5.61. The van der Waals surface area contributed by atoms with Gasteiger partial charge >= 0.3 is 0 Å². The monoisotopic (exact) mass is 533 g/mol. The number of hydrogen-bond donors (Lipinski definition) is 1. The summed E-state index contributed by atoms with van der Waals surface area (Å²) in [6, 6.07) is 5.69. The van der Waals surface area contributed by atoms with Gasteiger partial charge in [0.2, 0.25) is 0 Å². The molecule has 2 amide bonds. The van der Waals surface area contributed by atoms with Crippen LogP contribution in [0.3, 0.4) is 0 Å². The lowest BCUT2D eigenvalue weighted by Gasteiger charge is -2.38. The third-order valence-corrected chi connectivity index (χ3v) is 7.94. The maximum absolute atomic E-state index is 11.9. The number of imide groups is 1. The van der Waals surface area contributed by atoms with E-state index in [9.17, 15) is 9.59 Å². The van der Waals surface area contributed by atoms with Crippen molar-refractivity contribution in [1.29, 1.82) is 0 Å². The number of nitrogens with one attached hydrogen (secondary N) is 1. The zero-order chi connectivity index (χ0) is 27.0. The second kappa shape index (κ2) is 10.3. The highest BCUT2D eigenvalue weighted by Crippen LogP contribution is 2.44. The van der Waals surface area contributed by atoms with Crippen molar-refractivity contribution in [3.8, 4) is 23.0 Å². The number of amides is 2. The first-order valence-electron chi connectivity index (χ1n) is 12.6. The van der Waals surface area contributed by atoms with Gasteiger partial charge in [0.05, 0.1) is 4.91 Å². The molecule has 1 saturated heterocycles. The number of carbonyl (C=O) groups is 2. The number of benzene rings is 2.